The highest BCUT2D eigenvalue weighted by Crippen LogP contribution is 2.23. The summed E-state index contributed by atoms with van der Waals surface area (Å²) in [6.45, 7) is 1.91. The summed E-state index contributed by atoms with van der Waals surface area (Å²) < 4.78 is 0. The fourth-order valence-electron chi connectivity index (χ4n) is 1.58. The predicted molar refractivity (Wildman–Crippen MR) is 68.6 cm³/mol. The number of thiol groups is 1. The molecule has 2 rings (SSSR count). The number of aryl methyl sites for hydroxylation is 1. The van der Waals surface area contributed by atoms with Gasteiger partial charge >= 0.3 is 5.97 Å². The first-order chi connectivity index (χ1) is 8.08. The van der Waals surface area contributed by atoms with Crippen molar-refractivity contribution in [1.29, 1.82) is 0 Å². The minimum absolute atomic E-state index is 0.199. The van der Waals surface area contributed by atoms with Crippen LogP contribution in [0.3, 0.4) is 0 Å². The lowest BCUT2D eigenvalue weighted by Crippen LogP contribution is -1.98. The Morgan fingerprint density at radius 3 is 2.65 bits per heavy atom. The van der Waals surface area contributed by atoms with Gasteiger partial charge in [-0.25, -0.2) is 4.79 Å². The number of pyridine rings is 1. The summed E-state index contributed by atoms with van der Waals surface area (Å²) in [5.74, 6) is -0.973. The maximum atomic E-state index is 10.9. The van der Waals surface area contributed by atoms with E-state index < -0.39 is 5.97 Å². The molecule has 1 aromatic carbocycles. The van der Waals surface area contributed by atoms with Gasteiger partial charge in [0.2, 0.25) is 0 Å². The molecule has 0 atom stereocenters. The lowest BCUT2D eigenvalue weighted by molar-refractivity contribution is 0.0693. The normalized spacial score (nSPS) is 10.2. The summed E-state index contributed by atoms with van der Waals surface area (Å²) in [6, 6.07) is 10.7. The smallest absolute Gasteiger partial charge is 0.336 e. The Hall–Kier alpha value is -1.81. The SMILES string of the molecule is Cc1cccc(-c2ccc(C(=O)O)c(S)c2)n1. The van der Waals surface area contributed by atoms with E-state index in [4.69, 9.17) is 5.11 Å². The van der Waals surface area contributed by atoms with Gasteiger partial charge in [0, 0.05) is 16.2 Å². The molecule has 0 spiro atoms. The molecule has 0 aliphatic rings. The van der Waals surface area contributed by atoms with Crippen molar-refractivity contribution in [3.63, 3.8) is 0 Å². The minimum atomic E-state index is -0.973. The van der Waals surface area contributed by atoms with Crippen LogP contribution in [0.15, 0.2) is 41.3 Å². The zero-order chi connectivity index (χ0) is 12.4. The van der Waals surface area contributed by atoms with Gasteiger partial charge in [0.05, 0.1) is 11.3 Å². The number of hydrogen-bond acceptors (Lipinski definition) is 3. The molecule has 0 unspecified atom stereocenters. The highest BCUT2D eigenvalue weighted by atomic mass is 32.1. The number of hydrogen-bond donors (Lipinski definition) is 2. The fraction of sp³-hybridized carbons (Fsp3) is 0.0769. The Morgan fingerprint density at radius 2 is 2.06 bits per heavy atom. The molecule has 0 radical (unpaired) electrons. The molecule has 3 nitrogen and oxygen atoms in total. The topological polar surface area (TPSA) is 50.2 Å². The molecular formula is C13H11NO2S. The van der Waals surface area contributed by atoms with Crippen molar-refractivity contribution in [1.82, 2.24) is 4.98 Å². The van der Waals surface area contributed by atoms with E-state index in [2.05, 4.69) is 17.6 Å². The summed E-state index contributed by atoms with van der Waals surface area (Å²) in [6.07, 6.45) is 0. The van der Waals surface area contributed by atoms with Crippen molar-refractivity contribution in [3.8, 4) is 11.3 Å². The Morgan fingerprint density at radius 1 is 1.29 bits per heavy atom. The molecule has 0 bridgehead atoms. The molecule has 0 saturated carbocycles. The van der Waals surface area contributed by atoms with Crippen LogP contribution < -0.4 is 0 Å². The summed E-state index contributed by atoms with van der Waals surface area (Å²) in [5, 5.41) is 8.91. The summed E-state index contributed by atoms with van der Waals surface area (Å²) in [5.41, 5.74) is 2.80. The molecule has 0 amide bonds. The third-order valence-electron chi connectivity index (χ3n) is 2.41. The van der Waals surface area contributed by atoms with Crippen LogP contribution in [0.4, 0.5) is 0 Å². The van der Waals surface area contributed by atoms with E-state index >= 15 is 0 Å². The second kappa shape index (κ2) is 4.59. The van der Waals surface area contributed by atoms with Crippen molar-refractivity contribution >= 4 is 18.6 Å². The number of carboxylic acids is 1. The van der Waals surface area contributed by atoms with Crippen LogP contribution in [-0.2, 0) is 0 Å². The van der Waals surface area contributed by atoms with E-state index in [0.29, 0.717) is 4.90 Å². The largest absolute Gasteiger partial charge is 0.478 e. The number of aromatic nitrogens is 1. The first kappa shape index (κ1) is 11.7. The van der Waals surface area contributed by atoms with E-state index in [1.54, 1.807) is 18.2 Å². The maximum Gasteiger partial charge on any atom is 0.336 e. The number of benzene rings is 1. The molecular weight excluding hydrogens is 234 g/mol. The van der Waals surface area contributed by atoms with Gasteiger partial charge in [0.1, 0.15) is 0 Å². The van der Waals surface area contributed by atoms with Gasteiger partial charge in [0.15, 0.2) is 0 Å². The number of aromatic carboxylic acids is 1. The van der Waals surface area contributed by atoms with Crippen molar-refractivity contribution < 1.29 is 9.90 Å². The van der Waals surface area contributed by atoms with Crippen LogP contribution in [0.25, 0.3) is 11.3 Å². The molecule has 1 N–H and O–H groups in total. The van der Waals surface area contributed by atoms with Crippen LogP contribution in [0.5, 0.6) is 0 Å². The van der Waals surface area contributed by atoms with Crippen LogP contribution >= 0.6 is 12.6 Å². The third kappa shape index (κ3) is 2.47. The average molecular weight is 245 g/mol. The van der Waals surface area contributed by atoms with Crippen molar-refractivity contribution in [2.75, 3.05) is 0 Å². The quantitative estimate of drug-likeness (QED) is 0.799. The van der Waals surface area contributed by atoms with Gasteiger partial charge in [-0.3, -0.25) is 4.98 Å². The molecule has 1 heterocycles. The average Bonchev–Trinajstić information content (AvgIpc) is 2.28. The first-order valence-electron chi connectivity index (χ1n) is 5.08. The van der Waals surface area contributed by atoms with Crippen molar-refractivity contribution in [2.45, 2.75) is 11.8 Å². The first-order valence-corrected chi connectivity index (χ1v) is 5.53. The number of carbonyl (C=O) groups is 1. The van der Waals surface area contributed by atoms with Crippen LogP contribution in [0.1, 0.15) is 16.1 Å². The zero-order valence-electron chi connectivity index (χ0n) is 9.21. The Bertz CT molecular complexity index is 581. The Kier molecular flexibility index (Phi) is 3.15. The van der Waals surface area contributed by atoms with Crippen molar-refractivity contribution in [2.24, 2.45) is 0 Å². The molecule has 86 valence electrons. The summed E-state index contributed by atoms with van der Waals surface area (Å²) >= 11 is 4.17. The van der Waals surface area contributed by atoms with E-state index in [1.165, 1.54) is 0 Å². The predicted octanol–water partition coefficient (Wildman–Crippen LogP) is 3.04. The van der Waals surface area contributed by atoms with Gasteiger partial charge in [-0.05, 0) is 31.2 Å². The molecule has 4 heteroatoms. The Balaban J connectivity index is 2.48. The lowest BCUT2D eigenvalue weighted by atomic mass is 10.1. The minimum Gasteiger partial charge on any atom is -0.478 e. The van der Waals surface area contributed by atoms with Crippen LogP contribution in [0.2, 0.25) is 0 Å². The van der Waals surface area contributed by atoms with E-state index in [9.17, 15) is 4.79 Å². The van der Waals surface area contributed by atoms with E-state index in [1.807, 2.05) is 25.1 Å². The van der Waals surface area contributed by atoms with Gasteiger partial charge in [-0.15, -0.1) is 12.6 Å². The van der Waals surface area contributed by atoms with Gasteiger partial charge in [-0.2, -0.15) is 0 Å². The summed E-state index contributed by atoms with van der Waals surface area (Å²) in [7, 11) is 0. The second-order valence-corrected chi connectivity index (χ2v) is 4.18. The highest BCUT2D eigenvalue weighted by molar-refractivity contribution is 7.80. The fourth-order valence-corrected chi connectivity index (χ4v) is 1.88. The second-order valence-electron chi connectivity index (χ2n) is 3.70. The Labute approximate surface area is 105 Å². The molecule has 0 saturated heterocycles. The summed E-state index contributed by atoms with van der Waals surface area (Å²) in [4.78, 5) is 15.7. The molecule has 0 fully saturated rings. The number of rotatable bonds is 2. The van der Waals surface area contributed by atoms with Crippen LogP contribution in [0, 0.1) is 6.92 Å². The van der Waals surface area contributed by atoms with Crippen LogP contribution in [-0.4, -0.2) is 16.1 Å². The van der Waals surface area contributed by atoms with Crippen molar-refractivity contribution in [3.05, 3.63) is 47.7 Å². The zero-order valence-corrected chi connectivity index (χ0v) is 10.1. The third-order valence-corrected chi connectivity index (χ3v) is 2.78. The highest BCUT2D eigenvalue weighted by Gasteiger charge is 2.09. The van der Waals surface area contributed by atoms with E-state index in [-0.39, 0.29) is 5.56 Å². The molecule has 1 aromatic heterocycles. The molecule has 2 aromatic rings. The molecule has 0 aliphatic heterocycles. The molecule has 17 heavy (non-hydrogen) atoms. The number of nitrogens with zero attached hydrogens (tertiary/aromatic N) is 1. The molecule has 0 aliphatic carbocycles. The lowest BCUT2D eigenvalue weighted by Gasteiger charge is -2.05. The van der Waals surface area contributed by atoms with E-state index in [0.717, 1.165) is 17.0 Å². The number of carboxylic acid groups (broad SMARTS) is 1. The van der Waals surface area contributed by atoms with Gasteiger partial charge in [-0.1, -0.05) is 12.1 Å². The maximum absolute atomic E-state index is 10.9. The monoisotopic (exact) mass is 245 g/mol. The van der Waals surface area contributed by atoms with Gasteiger partial charge in [0.25, 0.3) is 0 Å². The standard InChI is InChI=1S/C13H11NO2S/c1-8-3-2-4-11(14-8)9-5-6-10(13(15)16)12(17)7-9/h2-7,17H,1H3,(H,15,16). The van der Waals surface area contributed by atoms with Gasteiger partial charge < -0.3 is 5.11 Å².